The highest BCUT2D eigenvalue weighted by atomic mass is 32.2. The van der Waals surface area contributed by atoms with Gasteiger partial charge in [-0.2, -0.15) is 8.42 Å². The molecule has 178 valence electrons. The van der Waals surface area contributed by atoms with E-state index >= 15 is 0 Å². The topological polar surface area (TPSA) is 49.4 Å². The van der Waals surface area contributed by atoms with Gasteiger partial charge in [0.15, 0.2) is 0 Å². The first kappa shape index (κ1) is 23.5. The first-order chi connectivity index (χ1) is 16.5. The van der Waals surface area contributed by atoms with Crippen LogP contribution in [0.15, 0.2) is 76.3 Å². The summed E-state index contributed by atoms with van der Waals surface area (Å²) in [4.78, 5) is 0. The van der Waals surface area contributed by atoms with Crippen molar-refractivity contribution in [3.8, 4) is 0 Å². The van der Waals surface area contributed by atoms with Gasteiger partial charge >= 0.3 is 0 Å². The second-order valence-corrected chi connectivity index (χ2v) is 13.1. The number of nitrogens with zero attached hydrogens (tertiary/aromatic N) is 1. The lowest BCUT2D eigenvalue weighted by Crippen LogP contribution is -2.30. The molecule has 2 aromatic heterocycles. The minimum atomic E-state index is -3.76. The summed E-state index contributed by atoms with van der Waals surface area (Å²) in [6.45, 7) is 2.87. The molecule has 0 spiro atoms. The van der Waals surface area contributed by atoms with Gasteiger partial charge in [0, 0.05) is 17.3 Å². The number of nitrogens with one attached hydrogen (secondary N) is 1. The molecule has 0 unspecified atom stereocenters. The van der Waals surface area contributed by atoms with E-state index in [0.717, 1.165) is 21.6 Å². The van der Waals surface area contributed by atoms with Crippen LogP contribution in [-0.2, 0) is 16.6 Å². The number of benzene rings is 2. The van der Waals surface area contributed by atoms with Crippen molar-refractivity contribution in [3.63, 3.8) is 0 Å². The van der Waals surface area contributed by atoms with E-state index in [0.29, 0.717) is 27.5 Å². The first-order valence-corrected chi connectivity index (χ1v) is 15.0. The Kier molecular flexibility index (Phi) is 7.06. The number of thiophene rings is 2. The predicted molar refractivity (Wildman–Crippen MR) is 145 cm³/mol. The molecule has 4 nitrogen and oxygen atoms in total. The number of sulfonamides is 1. The molecule has 1 N–H and O–H groups in total. The second kappa shape index (κ2) is 10.2. The average Bonchev–Trinajstić information content (AvgIpc) is 3.60. The van der Waals surface area contributed by atoms with E-state index in [9.17, 15) is 8.42 Å². The van der Waals surface area contributed by atoms with Gasteiger partial charge in [-0.05, 0) is 59.9 Å². The van der Waals surface area contributed by atoms with Gasteiger partial charge in [-0.25, -0.2) is 4.31 Å². The summed E-state index contributed by atoms with van der Waals surface area (Å²) >= 11 is 2.77. The molecule has 1 saturated carbocycles. The summed E-state index contributed by atoms with van der Waals surface area (Å²) in [5.41, 5.74) is 1.70. The molecule has 0 saturated heterocycles. The molecule has 2 aromatic carbocycles. The molecule has 1 atom stereocenters. The molecule has 34 heavy (non-hydrogen) atoms. The fraction of sp³-hybridized carbons (Fsp3) is 0.333. The number of para-hydroxylation sites is 1. The molecule has 1 fully saturated rings. The van der Waals surface area contributed by atoms with Crippen LogP contribution in [0.25, 0.3) is 10.1 Å². The highest BCUT2D eigenvalue weighted by molar-refractivity contribution is 7.95. The first-order valence-electron chi connectivity index (χ1n) is 11.9. The summed E-state index contributed by atoms with van der Waals surface area (Å²) in [6, 6.07) is 21.8. The summed E-state index contributed by atoms with van der Waals surface area (Å²) < 4.78 is 30.8. The van der Waals surface area contributed by atoms with E-state index < -0.39 is 10.0 Å². The lowest BCUT2D eigenvalue weighted by molar-refractivity contribution is 0.404. The van der Waals surface area contributed by atoms with Crippen LogP contribution in [-0.4, -0.2) is 14.5 Å². The van der Waals surface area contributed by atoms with E-state index in [4.69, 9.17) is 0 Å². The maximum atomic E-state index is 13.9. The molecular weight excluding hydrogens is 481 g/mol. The van der Waals surface area contributed by atoms with Gasteiger partial charge in [0.25, 0.3) is 10.0 Å². The molecule has 0 radical (unpaired) electrons. The Morgan fingerprint density at radius 2 is 1.79 bits per heavy atom. The molecule has 5 rings (SSSR count). The molecular formula is C27H30N2O2S3. The molecule has 0 amide bonds. The monoisotopic (exact) mass is 510 g/mol. The molecule has 0 bridgehead atoms. The van der Waals surface area contributed by atoms with Crippen LogP contribution in [0.3, 0.4) is 0 Å². The molecule has 4 aromatic rings. The van der Waals surface area contributed by atoms with Crippen LogP contribution in [0.1, 0.15) is 44.6 Å². The summed E-state index contributed by atoms with van der Waals surface area (Å²) in [5, 5.41) is 7.24. The van der Waals surface area contributed by atoms with E-state index in [2.05, 4.69) is 12.2 Å². The Labute approximate surface area is 210 Å². The van der Waals surface area contributed by atoms with E-state index in [1.165, 1.54) is 54.8 Å². The van der Waals surface area contributed by atoms with Crippen LogP contribution >= 0.6 is 22.7 Å². The fourth-order valence-corrected chi connectivity index (χ4v) is 8.78. The standard InChI is InChI=1S/C27H30N2O2S3/c1-20(17-21-9-2-3-10-21)28-19-23-12-4-6-13-24(23)29(34(30,31)27-15-8-16-32-27)26-18-22-11-5-7-14-25(22)33-26/h4-8,11-16,18,20-21,28H,2-3,9-10,17,19H2,1H3/t20-/m0/s1. The third-order valence-electron chi connectivity index (χ3n) is 6.62. The molecule has 7 heteroatoms. The van der Waals surface area contributed by atoms with Gasteiger partial charge in [0.05, 0.1) is 5.69 Å². The van der Waals surface area contributed by atoms with Crippen molar-refractivity contribution in [2.24, 2.45) is 5.92 Å². The van der Waals surface area contributed by atoms with Crippen molar-refractivity contribution in [1.82, 2.24) is 5.32 Å². The number of hydrogen-bond acceptors (Lipinski definition) is 5. The average molecular weight is 511 g/mol. The zero-order valence-electron chi connectivity index (χ0n) is 19.3. The lowest BCUT2D eigenvalue weighted by Gasteiger charge is -2.26. The number of hydrogen-bond donors (Lipinski definition) is 1. The van der Waals surface area contributed by atoms with Crippen LogP contribution in [0.4, 0.5) is 10.7 Å². The third-order valence-corrected chi connectivity index (χ3v) is 10.9. The van der Waals surface area contributed by atoms with Gasteiger partial charge in [-0.3, -0.25) is 0 Å². The summed E-state index contributed by atoms with van der Waals surface area (Å²) in [5.74, 6) is 0.812. The molecule has 2 heterocycles. The largest absolute Gasteiger partial charge is 0.310 e. The van der Waals surface area contributed by atoms with Crippen LogP contribution in [0, 0.1) is 5.92 Å². The zero-order chi connectivity index (χ0) is 23.5. The van der Waals surface area contributed by atoms with E-state index in [1.54, 1.807) is 16.4 Å². The molecule has 0 aliphatic heterocycles. The van der Waals surface area contributed by atoms with Crippen molar-refractivity contribution < 1.29 is 8.42 Å². The lowest BCUT2D eigenvalue weighted by atomic mass is 9.99. The van der Waals surface area contributed by atoms with Crippen molar-refractivity contribution >= 4 is 53.5 Å². The van der Waals surface area contributed by atoms with Gasteiger partial charge in [-0.1, -0.05) is 68.1 Å². The van der Waals surface area contributed by atoms with Gasteiger partial charge in [0.1, 0.15) is 9.21 Å². The summed E-state index contributed by atoms with van der Waals surface area (Å²) in [6.07, 6.45) is 6.55. The van der Waals surface area contributed by atoms with Gasteiger partial charge < -0.3 is 5.32 Å². The smallest absolute Gasteiger partial charge is 0.278 e. The summed E-state index contributed by atoms with van der Waals surface area (Å²) in [7, 11) is -3.76. The Morgan fingerprint density at radius 1 is 1.03 bits per heavy atom. The van der Waals surface area contributed by atoms with Gasteiger partial charge in [-0.15, -0.1) is 22.7 Å². The zero-order valence-corrected chi connectivity index (χ0v) is 21.8. The van der Waals surface area contributed by atoms with Gasteiger partial charge in [0.2, 0.25) is 0 Å². The minimum absolute atomic E-state index is 0.349. The molecule has 1 aliphatic carbocycles. The Morgan fingerprint density at radius 3 is 2.56 bits per heavy atom. The Balaban J connectivity index is 1.50. The second-order valence-electron chi connectivity index (χ2n) is 9.12. The van der Waals surface area contributed by atoms with Crippen LogP contribution in [0.5, 0.6) is 0 Å². The van der Waals surface area contributed by atoms with Crippen LogP contribution in [0.2, 0.25) is 0 Å². The predicted octanol–water partition coefficient (Wildman–Crippen LogP) is 7.55. The highest BCUT2D eigenvalue weighted by Gasteiger charge is 2.30. The van der Waals surface area contributed by atoms with Crippen molar-refractivity contribution in [2.45, 2.75) is 55.8 Å². The van der Waals surface area contributed by atoms with Crippen molar-refractivity contribution in [2.75, 3.05) is 4.31 Å². The SMILES string of the molecule is C[C@@H](CC1CCCC1)NCc1ccccc1N(c1cc2ccccc2s1)S(=O)(=O)c1cccs1. The molecule has 1 aliphatic rings. The highest BCUT2D eigenvalue weighted by Crippen LogP contribution is 2.42. The Bertz CT molecular complexity index is 1310. The van der Waals surface area contributed by atoms with Crippen LogP contribution < -0.4 is 9.62 Å². The van der Waals surface area contributed by atoms with E-state index in [1.807, 2.05) is 60.0 Å². The van der Waals surface area contributed by atoms with E-state index in [-0.39, 0.29) is 0 Å². The third kappa shape index (κ3) is 4.93. The quantitative estimate of drug-likeness (QED) is 0.253. The maximum absolute atomic E-state index is 13.9. The number of rotatable bonds is 9. The minimum Gasteiger partial charge on any atom is -0.310 e. The number of anilines is 2. The Hall–Kier alpha value is -2.19. The fourth-order valence-electron chi connectivity index (χ4n) is 4.91. The van der Waals surface area contributed by atoms with Crippen molar-refractivity contribution in [3.05, 3.63) is 77.7 Å². The normalized spacial score (nSPS) is 15.7. The van der Waals surface area contributed by atoms with Crippen molar-refractivity contribution in [1.29, 1.82) is 0 Å². The number of fused-ring (bicyclic) bond motifs is 1. The maximum Gasteiger partial charge on any atom is 0.278 e.